The SMILES string of the molecule is CCCCOCCCNc1nc(NN)ncc1[N+](=O)[O-]. The van der Waals surface area contributed by atoms with Crippen molar-refractivity contribution in [2.24, 2.45) is 5.84 Å². The number of hydrazine groups is 1. The minimum absolute atomic E-state index is 0.122. The number of rotatable bonds is 10. The van der Waals surface area contributed by atoms with Crippen LogP contribution in [0.2, 0.25) is 0 Å². The first kappa shape index (κ1) is 16.1. The molecular weight excluding hydrogens is 264 g/mol. The molecule has 0 spiro atoms. The van der Waals surface area contributed by atoms with Crippen LogP contribution in [0.15, 0.2) is 6.20 Å². The van der Waals surface area contributed by atoms with Crippen molar-refractivity contribution in [3.05, 3.63) is 16.3 Å². The van der Waals surface area contributed by atoms with Crippen molar-refractivity contribution < 1.29 is 9.66 Å². The lowest BCUT2D eigenvalue weighted by molar-refractivity contribution is -0.384. The number of aromatic nitrogens is 2. The molecule has 1 rings (SSSR count). The van der Waals surface area contributed by atoms with Crippen molar-refractivity contribution in [3.8, 4) is 0 Å². The van der Waals surface area contributed by atoms with Crippen molar-refractivity contribution in [1.82, 2.24) is 9.97 Å². The highest BCUT2D eigenvalue weighted by Gasteiger charge is 2.16. The van der Waals surface area contributed by atoms with E-state index in [1.807, 2.05) is 0 Å². The Bertz CT molecular complexity index is 429. The third-order valence-electron chi connectivity index (χ3n) is 2.50. The molecule has 0 radical (unpaired) electrons. The van der Waals surface area contributed by atoms with Crippen LogP contribution in [-0.2, 0) is 4.74 Å². The number of nitrogen functional groups attached to an aromatic ring is 1. The Kier molecular flexibility index (Phi) is 7.22. The highest BCUT2D eigenvalue weighted by atomic mass is 16.6. The fourth-order valence-electron chi connectivity index (χ4n) is 1.44. The fourth-order valence-corrected chi connectivity index (χ4v) is 1.44. The number of anilines is 2. The summed E-state index contributed by atoms with van der Waals surface area (Å²) in [6.45, 7) is 3.97. The van der Waals surface area contributed by atoms with E-state index in [-0.39, 0.29) is 17.5 Å². The van der Waals surface area contributed by atoms with Gasteiger partial charge in [-0.2, -0.15) is 4.98 Å². The number of nitrogens with one attached hydrogen (secondary N) is 2. The van der Waals surface area contributed by atoms with Crippen molar-refractivity contribution in [1.29, 1.82) is 0 Å². The quantitative estimate of drug-likeness (QED) is 0.254. The standard InChI is InChI=1S/C11H20N6O3/c1-2-3-6-20-7-4-5-13-10-9(17(18)19)8-14-11(15-10)16-12/h8H,2-7,12H2,1H3,(H2,13,14,15,16). The van der Waals surface area contributed by atoms with Gasteiger partial charge in [-0.15, -0.1) is 0 Å². The zero-order chi connectivity index (χ0) is 14.8. The molecule has 0 saturated carbocycles. The maximum Gasteiger partial charge on any atom is 0.329 e. The lowest BCUT2D eigenvalue weighted by atomic mass is 10.3. The lowest BCUT2D eigenvalue weighted by Crippen LogP contribution is -2.14. The van der Waals surface area contributed by atoms with Gasteiger partial charge in [-0.25, -0.2) is 10.8 Å². The summed E-state index contributed by atoms with van der Waals surface area (Å²) in [5.74, 6) is 5.44. The first-order valence-corrected chi connectivity index (χ1v) is 6.48. The Hall–Kier alpha value is -2.00. The largest absolute Gasteiger partial charge is 0.381 e. The molecule has 20 heavy (non-hydrogen) atoms. The molecule has 0 saturated heterocycles. The number of nitro groups is 1. The van der Waals surface area contributed by atoms with Crippen molar-refractivity contribution >= 4 is 17.5 Å². The van der Waals surface area contributed by atoms with E-state index < -0.39 is 4.92 Å². The summed E-state index contributed by atoms with van der Waals surface area (Å²) < 4.78 is 5.40. The molecule has 1 heterocycles. The molecule has 0 atom stereocenters. The molecule has 9 heteroatoms. The Morgan fingerprint density at radius 1 is 1.45 bits per heavy atom. The normalized spacial score (nSPS) is 10.3. The van der Waals surface area contributed by atoms with E-state index in [0.717, 1.165) is 32.1 Å². The summed E-state index contributed by atoms with van der Waals surface area (Å²) in [6.07, 6.45) is 3.98. The summed E-state index contributed by atoms with van der Waals surface area (Å²) >= 11 is 0. The first-order chi connectivity index (χ1) is 9.69. The van der Waals surface area contributed by atoms with Crippen LogP contribution in [-0.4, -0.2) is 34.6 Å². The number of hydrogen-bond donors (Lipinski definition) is 3. The van der Waals surface area contributed by atoms with Crippen molar-refractivity contribution in [2.45, 2.75) is 26.2 Å². The molecule has 0 aliphatic heterocycles. The molecule has 0 aliphatic rings. The average Bonchev–Trinajstić information content (AvgIpc) is 2.45. The topological polar surface area (TPSA) is 128 Å². The van der Waals surface area contributed by atoms with Gasteiger partial charge in [-0.3, -0.25) is 15.5 Å². The highest BCUT2D eigenvalue weighted by Crippen LogP contribution is 2.21. The molecule has 0 aromatic carbocycles. The molecule has 1 aromatic heterocycles. The van der Waals surface area contributed by atoms with Gasteiger partial charge in [0, 0.05) is 19.8 Å². The van der Waals surface area contributed by atoms with Crippen LogP contribution in [0.4, 0.5) is 17.5 Å². The summed E-state index contributed by atoms with van der Waals surface area (Å²) in [7, 11) is 0. The second kappa shape index (κ2) is 8.99. The van der Waals surface area contributed by atoms with Gasteiger partial charge in [0.2, 0.25) is 11.8 Å². The van der Waals surface area contributed by atoms with Crippen LogP contribution < -0.4 is 16.6 Å². The first-order valence-electron chi connectivity index (χ1n) is 6.48. The van der Waals surface area contributed by atoms with E-state index >= 15 is 0 Å². The third kappa shape index (κ3) is 5.33. The Labute approximate surface area is 117 Å². The molecule has 0 aliphatic carbocycles. The molecule has 4 N–H and O–H groups in total. The van der Waals surface area contributed by atoms with Gasteiger partial charge in [-0.05, 0) is 12.8 Å². The molecule has 0 unspecified atom stereocenters. The van der Waals surface area contributed by atoms with Crippen LogP contribution in [0.1, 0.15) is 26.2 Å². The number of unbranched alkanes of at least 4 members (excludes halogenated alkanes) is 1. The Balaban J connectivity index is 2.43. The second-order valence-electron chi connectivity index (χ2n) is 4.08. The summed E-state index contributed by atoms with van der Waals surface area (Å²) in [6, 6.07) is 0. The van der Waals surface area contributed by atoms with Gasteiger partial charge >= 0.3 is 5.69 Å². The summed E-state index contributed by atoms with van der Waals surface area (Å²) in [4.78, 5) is 17.9. The smallest absolute Gasteiger partial charge is 0.329 e. The van der Waals surface area contributed by atoms with E-state index in [9.17, 15) is 10.1 Å². The Morgan fingerprint density at radius 3 is 2.85 bits per heavy atom. The molecule has 112 valence electrons. The van der Waals surface area contributed by atoms with Gasteiger partial charge in [-0.1, -0.05) is 13.3 Å². The minimum Gasteiger partial charge on any atom is -0.381 e. The van der Waals surface area contributed by atoms with E-state index in [1.54, 1.807) is 0 Å². The lowest BCUT2D eigenvalue weighted by Gasteiger charge is -2.07. The van der Waals surface area contributed by atoms with Gasteiger partial charge in [0.25, 0.3) is 0 Å². The summed E-state index contributed by atoms with van der Waals surface area (Å²) in [5, 5.41) is 13.7. The van der Waals surface area contributed by atoms with Crippen LogP contribution >= 0.6 is 0 Å². The molecule has 0 bridgehead atoms. The predicted molar refractivity (Wildman–Crippen MR) is 75.3 cm³/mol. The van der Waals surface area contributed by atoms with E-state index in [1.165, 1.54) is 0 Å². The van der Waals surface area contributed by atoms with Gasteiger partial charge < -0.3 is 10.1 Å². The highest BCUT2D eigenvalue weighted by molar-refractivity contribution is 5.56. The zero-order valence-electron chi connectivity index (χ0n) is 11.5. The van der Waals surface area contributed by atoms with E-state index in [4.69, 9.17) is 10.6 Å². The van der Waals surface area contributed by atoms with Crippen molar-refractivity contribution in [3.63, 3.8) is 0 Å². The summed E-state index contributed by atoms with van der Waals surface area (Å²) in [5.41, 5.74) is 2.06. The fraction of sp³-hybridized carbons (Fsp3) is 0.636. The monoisotopic (exact) mass is 284 g/mol. The van der Waals surface area contributed by atoms with Crippen LogP contribution in [0, 0.1) is 10.1 Å². The number of nitrogens with zero attached hydrogens (tertiary/aromatic N) is 3. The number of ether oxygens (including phenoxy) is 1. The Morgan fingerprint density at radius 2 is 2.20 bits per heavy atom. The maximum absolute atomic E-state index is 10.8. The second-order valence-corrected chi connectivity index (χ2v) is 4.08. The van der Waals surface area contributed by atoms with E-state index in [2.05, 4.69) is 27.6 Å². The minimum atomic E-state index is -0.541. The van der Waals surface area contributed by atoms with Gasteiger partial charge in [0.15, 0.2) is 0 Å². The number of hydrogen-bond acceptors (Lipinski definition) is 8. The molecule has 0 amide bonds. The van der Waals surface area contributed by atoms with Gasteiger partial charge in [0.05, 0.1) is 4.92 Å². The molecular formula is C11H20N6O3. The third-order valence-corrected chi connectivity index (χ3v) is 2.50. The van der Waals surface area contributed by atoms with E-state index in [0.29, 0.717) is 13.2 Å². The zero-order valence-corrected chi connectivity index (χ0v) is 11.5. The molecule has 0 fully saturated rings. The molecule has 1 aromatic rings. The average molecular weight is 284 g/mol. The molecule has 9 nitrogen and oxygen atoms in total. The van der Waals surface area contributed by atoms with Crippen LogP contribution in [0.25, 0.3) is 0 Å². The predicted octanol–water partition coefficient (Wildman–Crippen LogP) is 1.29. The van der Waals surface area contributed by atoms with Crippen LogP contribution in [0.5, 0.6) is 0 Å². The van der Waals surface area contributed by atoms with Gasteiger partial charge in [0.1, 0.15) is 6.20 Å². The van der Waals surface area contributed by atoms with Crippen molar-refractivity contribution in [2.75, 3.05) is 30.5 Å². The maximum atomic E-state index is 10.8. The van der Waals surface area contributed by atoms with Crippen LogP contribution in [0.3, 0.4) is 0 Å². The number of nitrogens with two attached hydrogens (primary N) is 1.